The Morgan fingerprint density at radius 3 is 2.61 bits per heavy atom. The molecule has 3 rings (SSSR count). The quantitative estimate of drug-likeness (QED) is 0.938. The Morgan fingerprint density at radius 2 is 1.96 bits per heavy atom. The van der Waals surface area contributed by atoms with Crippen LogP contribution in [0, 0.1) is 6.92 Å². The van der Waals surface area contributed by atoms with Crippen molar-refractivity contribution in [2.45, 2.75) is 20.0 Å². The van der Waals surface area contributed by atoms with E-state index in [0.717, 1.165) is 49.7 Å². The second kappa shape index (κ2) is 7.28. The minimum Gasteiger partial charge on any atom is -0.361 e. The maximum atomic E-state index is 12.2. The molecule has 0 bridgehead atoms. The Bertz CT molecular complexity index is 633. The molecule has 6 nitrogen and oxygen atoms in total. The number of benzene rings is 1. The summed E-state index contributed by atoms with van der Waals surface area (Å²) in [5.74, 6) is 0.832. The molecule has 0 saturated carbocycles. The van der Waals surface area contributed by atoms with Crippen LogP contribution in [0.3, 0.4) is 0 Å². The summed E-state index contributed by atoms with van der Waals surface area (Å²) < 4.78 is 5.09. The number of carbonyl (C=O) groups is 1. The van der Waals surface area contributed by atoms with Gasteiger partial charge in [0.25, 0.3) is 0 Å². The van der Waals surface area contributed by atoms with Gasteiger partial charge in [-0.3, -0.25) is 4.90 Å². The number of nitrogens with zero attached hydrogens (tertiary/aromatic N) is 3. The van der Waals surface area contributed by atoms with Crippen LogP contribution >= 0.6 is 0 Å². The highest BCUT2D eigenvalue weighted by molar-refractivity contribution is 5.74. The largest absolute Gasteiger partial charge is 0.361 e. The smallest absolute Gasteiger partial charge is 0.317 e. The Morgan fingerprint density at radius 1 is 1.22 bits per heavy atom. The number of urea groups is 1. The first-order valence-electron chi connectivity index (χ1n) is 7.92. The molecule has 122 valence electrons. The van der Waals surface area contributed by atoms with Crippen LogP contribution in [-0.4, -0.2) is 47.2 Å². The first kappa shape index (κ1) is 15.6. The molecule has 1 saturated heterocycles. The van der Waals surface area contributed by atoms with Crippen LogP contribution in [-0.2, 0) is 13.1 Å². The van der Waals surface area contributed by atoms with E-state index in [9.17, 15) is 4.79 Å². The number of hydrogen-bond acceptors (Lipinski definition) is 4. The first-order chi connectivity index (χ1) is 11.2. The summed E-state index contributed by atoms with van der Waals surface area (Å²) in [5.41, 5.74) is 2.06. The lowest BCUT2D eigenvalue weighted by Gasteiger charge is -2.34. The van der Waals surface area contributed by atoms with Gasteiger partial charge in [-0.25, -0.2) is 4.79 Å². The molecule has 2 heterocycles. The number of rotatable bonds is 4. The number of nitrogens with one attached hydrogen (secondary N) is 1. The van der Waals surface area contributed by atoms with Gasteiger partial charge in [-0.2, -0.15) is 0 Å². The third-order valence-corrected chi connectivity index (χ3v) is 4.01. The van der Waals surface area contributed by atoms with Crippen molar-refractivity contribution in [1.82, 2.24) is 20.3 Å². The minimum absolute atomic E-state index is 0.00536. The zero-order chi connectivity index (χ0) is 16.1. The van der Waals surface area contributed by atoms with E-state index < -0.39 is 0 Å². The lowest BCUT2D eigenvalue weighted by atomic mass is 10.2. The third kappa shape index (κ3) is 4.32. The summed E-state index contributed by atoms with van der Waals surface area (Å²) in [6, 6.07) is 11.9. The van der Waals surface area contributed by atoms with E-state index in [1.165, 1.54) is 0 Å². The maximum absolute atomic E-state index is 12.2. The third-order valence-electron chi connectivity index (χ3n) is 4.01. The standard InChI is InChI=1S/C17H22N4O2/c1-14-11-16(19-23-14)13-20-7-9-21(10-8-20)17(22)18-12-15-5-3-2-4-6-15/h2-6,11H,7-10,12-13H2,1H3,(H,18,22). The van der Waals surface area contributed by atoms with Gasteiger partial charge in [-0.05, 0) is 12.5 Å². The first-order valence-corrected chi connectivity index (χ1v) is 7.92. The molecule has 6 heteroatoms. The van der Waals surface area contributed by atoms with Crippen LogP contribution in [0.15, 0.2) is 40.9 Å². The molecular weight excluding hydrogens is 292 g/mol. The van der Waals surface area contributed by atoms with Gasteiger partial charge >= 0.3 is 6.03 Å². The average molecular weight is 314 g/mol. The molecule has 0 aliphatic carbocycles. The van der Waals surface area contributed by atoms with Crippen molar-refractivity contribution >= 4 is 6.03 Å². The predicted molar refractivity (Wildman–Crippen MR) is 86.8 cm³/mol. The number of aromatic nitrogens is 1. The summed E-state index contributed by atoms with van der Waals surface area (Å²) in [5, 5.41) is 7.00. The Kier molecular flexibility index (Phi) is 4.92. The number of amides is 2. The summed E-state index contributed by atoms with van der Waals surface area (Å²) >= 11 is 0. The highest BCUT2D eigenvalue weighted by Gasteiger charge is 2.21. The van der Waals surface area contributed by atoms with Gasteiger partial charge in [0.1, 0.15) is 5.76 Å². The van der Waals surface area contributed by atoms with Gasteiger partial charge in [0.15, 0.2) is 0 Å². The van der Waals surface area contributed by atoms with E-state index in [1.54, 1.807) is 0 Å². The summed E-state index contributed by atoms with van der Waals surface area (Å²) in [7, 11) is 0. The number of carbonyl (C=O) groups excluding carboxylic acids is 1. The Labute approximate surface area is 136 Å². The molecule has 1 aromatic heterocycles. The van der Waals surface area contributed by atoms with Crippen molar-refractivity contribution in [3.8, 4) is 0 Å². The van der Waals surface area contributed by atoms with Gasteiger partial charge in [0.05, 0.1) is 5.69 Å². The lowest BCUT2D eigenvalue weighted by molar-refractivity contribution is 0.133. The molecule has 0 radical (unpaired) electrons. The van der Waals surface area contributed by atoms with Gasteiger partial charge in [0.2, 0.25) is 0 Å². The fourth-order valence-corrected chi connectivity index (χ4v) is 2.72. The summed E-state index contributed by atoms with van der Waals surface area (Å²) in [6.45, 7) is 6.41. The molecule has 1 aliphatic rings. The van der Waals surface area contributed by atoms with Crippen LogP contribution in [0.2, 0.25) is 0 Å². The Hall–Kier alpha value is -2.34. The van der Waals surface area contributed by atoms with E-state index in [2.05, 4.69) is 15.4 Å². The van der Waals surface area contributed by atoms with Crippen LogP contribution in [0.5, 0.6) is 0 Å². The predicted octanol–water partition coefficient (Wildman–Crippen LogP) is 2.01. The fourth-order valence-electron chi connectivity index (χ4n) is 2.72. The van der Waals surface area contributed by atoms with Crippen molar-refractivity contribution in [1.29, 1.82) is 0 Å². The topological polar surface area (TPSA) is 61.6 Å². The van der Waals surface area contributed by atoms with Crippen molar-refractivity contribution in [2.24, 2.45) is 0 Å². The summed E-state index contributed by atoms with van der Waals surface area (Å²) in [4.78, 5) is 16.4. The number of aryl methyl sites for hydroxylation is 1. The molecule has 23 heavy (non-hydrogen) atoms. The molecule has 0 unspecified atom stereocenters. The maximum Gasteiger partial charge on any atom is 0.317 e. The minimum atomic E-state index is 0.00536. The van der Waals surface area contributed by atoms with E-state index in [4.69, 9.17) is 4.52 Å². The van der Waals surface area contributed by atoms with Gasteiger partial charge < -0.3 is 14.7 Å². The highest BCUT2D eigenvalue weighted by atomic mass is 16.5. The highest BCUT2D eigenvalue weighted by Crippen LogP contribution is 2.09. The van der Waals surface area contributed by atoms with Crippen molar-refractivity contribution in [3.05, 3.63) is 53.4 Å². The van der Waals surface area contributed by atoms with Gasteiger partial charge in [-0.1, -0.05) is 35.5 Å². The molecule has 1 aromatic carbocycles. The van der Waals surface area contributed by atoms with Gasteiger partial charge in [0, 0.05) is 45.3 Å². The second-order valence-corrected chi connectivity index (χ2v) is 5.84. The molecule has 2 amide bonds. The molecule has 0 spiro atoms. The van der Waals surface area contributed by atoms with Crippen molar-refractivity contribution in [2.75, 3.05) is 26.2 Å². The number of hydrogen-bond donors (Lipinski definition) is 1. The van der Waals surface area contributed by atoms with E-state index in [1.807, 2.05) is 48.2 Å². The molecular formula is C17H22N4O2. The van der Waals surface area contributed by atoms with Crippen LogP contribution in [0.25, 0.3) is 0 Å². The molecule has 2 aromatic rings. The zero-order valence-corrected chi connectivity index (χ0v) is 13.4. The molecule has 0 atom stereocenters. The van der Waals surface area contributed by atoms with Crippen molar-refractivity contribution < 1.29 is 9.32 Å². The molecule has 1 fully saturated rings. The second-order valence-electron chi connectivity index (χ2n) is 5.84. The Balaban J connectivity index is 1.42. The SMILES string of the molecule is Cc1cc(CN2CCN(C(=O)NCc3ccccc3)CC2)no1. The van der Waals surface area contributed by atoms with E-state index in [-0.39, 0.29) is 6.03 Å². The monoisotopic (exact) mass is 314 g/mol. The normalized spacial score (nSPS) is 15.6. The average Bonchev–Trinajstić information content (AvgIpc) is 2.99. The lowest BCUT2D eigenvalue weighted by Crippen LogP contribution is -2.51. The summed E-state index contributed by atoms with van der Waals surface area (Å²) in [6.07, 6.45) is 0. The van der Waals surface area contributed by atoms with Crippen molar-refractivity contribution in [3.63, 3.8) is 0 Å². The molecule has 1 N–H and O–H groups in total. The zero-order valence-electron chi connectivity index (χ0n) is 13.4. The van der Waals surface area contributed by atoms with Crippen LogP contribution in [0.4, 0.5) is 4.79 Å². The van der Waals surface area contributed by atoms with E-state index in [0.29, 0.717) is 6.54 Å². The van der Waals surface area contributed by atoms with Crippen LogP contribution < -0.4 is 5.32 Å². The molecule has 1 aliphatic heterocycles. The number of piperazine rings is 1. The van der Waals surface area contributed by atoms with E-state index >= 15 is 0 Å². The fraction of sp³-hybridized carbons (Fsp3) is 0.412. The van der Waals surface area contributed by atoms with Crippen LogP contribution in [0.1, 0.15) is 17.0 Å². The van der Waals surface area contributed by atoms with Gasteiger partial charge in [-0.15, -0.1) is 0 Å².